The van der Waals surface area contributed by atoms with E-state index in [-0.39, 0.29) is 0 Å². The lowest BCUT2D eigenvalue weighted by Gasteiger charge is -2.17. The van der Waals surface area contributed by atoms with Crippen LogP contribution in [0.2, 0.25) is 0 Å². The highest BCUT2D eigenvalue weighted by atomic mass is 16.5. The topological polar surface area (TPSA) is 30.9 Å². The first kappa shape index (κ1) is 20.7. The average molecular weight is 367 g/mol. The molecule has 0 saturated carbocycles. The van der Waals surface area contributed by atoms with Crippen molar-refractivity contribution in [1.29, 1.82) is 0 Å². The quantitative estimate of drug-likeness (QED) is 0.598. The van der Waals surface area contributed by atoms with Crippen molar-refractivity contribution in [2.45, 2.75) is 19.3 Å². The van der Waals surface area contributed by atoms with Gasteiger partial charge in [0.2, 0.25) is 0 Å². The monoisotopic (exact) mass is 367 g/mol. The zero-order chi connectivity index (χ0) is 19.6. The number of terminal acetylenes is 1. The molecule has 27 heavy (non-hydrogen) atoms. The van der Waals surface area contributed by atoms with Gasteiger partial charge in [-0.1, -0.05) is 12.0 Å². The molecule has 0 heterocycles. The molecule has 0 N–H and O–H groups in total. The summed E-state index contributed by atoms with van der Waals surface area (Å²) in [5.74, 6) is 5.15. The molecular formula is C23H29NO3. The van der Waals surface area contributed by atoms with Crippen molar-refractivity contribution in [3.63, 3.8) is 0 Å². The highest BCUT2D eigenvalue weighted by Gasteiger charge is 2.07. The predicted octanol–water partition coefficient (Wildman–Crippen LogP) is 3.80. The van der Waals surface area contributed by atoms with Crippen LogP contribution < -0.4 is 14.2 Å². The van der Waals surface area contributed by atoms with Crippen molar-refractivity contribution in [3.8, 4) is 29.6 Å². The van der Waals surface area contributed by atoms with Gasteiger partial charge in [-0.2, -0.15) is 0 Å². The second kappa shape index (κ2) is 10.5. The van der Waals surface area contributed by atoms with Crippen molar-refractivity contribution in [2.75, 3.05) is 41.5 Å². The number of methoxy groups -OCH3 is 3. The van der Waals surface area contributed by atoms with Gasteiger partial charge in [0.1, 0.15) is 5.75 Å². The number of rotatable bonds is 10. The van der Waals surface area contributed by atoms with Crippen LogP contribution in [0.4, 0.5) is 0 Å². The smallest absolute Gasteiger partial charge is 0.160 e. The second-order valence-corrected chi connectivity index (χ2v) is 6.51. The number of hydrogen-bond acceptors (Lipinski definition) is 4. The van der Waals surface area contributed by atoms with Crippen molar-refractivity contribution in [3.05, 3.63) is 53.1 Å². The molecule has 0 radical (unpaired) electrons. The van der Waals surface area contributed by atoms with E-state index in [2.05, 4.69) is 23.9 Å². The summed E-state index contributed by atoms with van der Waals surface area (Å²) in [6, 6.07) is 12.0. The molecule has 0 unspecified atom stereocenters. The number of nitrogens with zero attached hydrogens (tertiary/aromatic N) is 1. The maximum atomic E-state index is 5.61. The summed E-state index contributed by atoms with van der Waals surface area (Å²) < 4.78 is 16.0. The van der Waals surface area contributed by atoms with Gasteiger partial charge in [0.15, 0.2) is 11.5 Å². The minimum Gasteiger partial charge on any atom is -0.497 e. The van der Waals surface area contributed by atoms with Crippen LogP contribution in [0.15, 0.2) is 36.4 Å². The normalized spacial score (nSPS) is 10.5. The van der Waals surface area contributed by atoms with Gasteiger partial charge < -0.3 is 19.1 Å². The Bertz CT molecular complexity index is 780. The Morgan fingerprint density at radius 1 is 0.889 bits per heavy atom. The molecule has 144 valence electrons. The molecule has 0 aliphatic carbocycles. The van der Waals surface area contributed by atoms with Gasteiger partial charge >= 0.3 is 0 Å². The summed E-state index contributed by atoms with van der Waals surface area (Å²) in [4.78, 5) is 2.34. The third-order valence-electron chi connectivity index (χ3n) is 4.68. The first-order chi connectivity index (χ1) is 13.1. The molecule has 0 saturated heterocycles. The maximum Gasteiger partial charge on any atom is 0.160 e. The number of likely N-dealkylation sites (N-methyl/N-ethyl adjacent to an activating group) is 1. The van der Waals surface area contributed by atoms with Crippen LogP contribution in [0, 0.1) is 12.3 Å². The fraction of sp³-hybridized carbons (Fsp3) is 0.391. The van der Waals surface area contributed by atoms with Crippen molar-refractivity contribution >= 4 is 0 Å². The Kier molecular flexibility index (Phi) is 8.03. The second-order valence-electron chi connectivity index (χ2n) is 6.51. The van der Waals surface area contributed by atoms with Crippen molar-refractivity contribution in [2.24, 2.45) is 0 Å². The van der Waals surface area contributed by atoms with E-state index in [1.165, 1.54) is 11.1 Å². The molecule has 0 amide bonds. The van der Waals surface area contributed by atoms with Crippen LogP contribution in [0.25, 0.3) is 0 Å². The van der Waals surface area contributed by atoms with Crippen LogP contribution in [-0.2, 0) is 12.8 Å². The molecule has 2 aromatic rings. The standard InChI is InChI=1S/C23H29NO3/c1-6-19-10-11-21(25-3)17-20(19)8-7-14-24(2)15-13-18-9-12-22(26-4)23(16-18)27-5/h1,9-12,16-17H,7-8,13-15H2,2-5H3. The van der Waals surface area contributed by atoms with E-state index >= 15 is 0 Å². The fourth-order valence-electron chi connectivity index (χ4n) is 3.05. The molecule has 0 aliphatic heterocycles. The maximum absolute atomic E-state index is 5.61. The molecule has 0 atom stereocenters. The molecule has 0 bridgehead atoms. The summed E-state index contributed by atoms with van der Waals surface area (Å²) in [5, 5.41) is 0. The minimum absolute atomic E-state index is 0.761. The molecule has 0 aromatic heterocycles. The van der Waals surface area contributed by atoms with Gasteiger partial charge in [-0.25, -0.2) is 0 Å². The molecule has 4 heteroatoms. The SMILES string of the molecule is C#Cc1ccc(OC)cc1CCCN(C)CCc1ccc(OC)c(OC)c1. The molecule has 0 spiro atoms. The third kappa shape index (κ3) is 5.94. The third-order valence-corrected chi connectivity index (χ3v) is 4.68. The van der Waals surface area contributed by atoms with E-state index < -0.39 is 0 Å². The van der Waals surface area contributed by atoms with Gasteiger partial charge in [-0.05, 0) is 74.3 Å². The zero-order valence-electron chi connectivity index (χ0n) is 16.7. The highest BCUT2D eigenvalue weighted by Crippen LogP contribution is 2.27. The Labute approximate surface area is 163 Å². The number of benzene rings is 2. The Morgan fingerprint density at radius 3 is 2.33 bits per heavy atom. The van der Waals surface area contributed by atoms with Crippen molar-refractivity contribution < 1.29 is 14.2 Å². The molecule has 2 rings (SSSR count). The van der Waals surface area contributed by atoms with E-state index in [1.54, 1.807) is 21.3 Å². The summed E-state index contributed by atoms with van der Waals surface area (Å²) in [6.45, 7) is 1.99. The summed E-state index contributed by atoms with van der Waals surface area (Å²) in [5.41, 5.74) is 3.36. The van der Waals surface area contributed by atoms with Crippen molar-refractivity contribution in [1.82, 2.24) is 4.90 Å². The lowest BCUT2D eigenvalue weighted by Crippen LogP contribution is -2.23. The molecule has 0 fully saturated rings. The van der Waals surface area contributed by atoms with E-state index in [1.807, 2.05) is 30.3 Å². The van der Waals surface area contributed by atoms with Gasteiger partial charge in [-0.3, -0.25) is 0 Å². The van der Waals surface area contributed by atoms with Gasteiger partial charge in [-0.15, -0.1) is 6.42 Å². The summed E-state index contributed by atoms with van der Waals surface area (Å²) >= 11 is 0. The summed E-state index contributed by atoms with van der Waals surface area (Å²) in [6.07, 6.45) is 8.56. The number of ether oxygens (including phenoxy) is 3. The first-order valence-electron chi connectivity index (χ1n) is 9.14. The Balaban J connectivity index is 1.83. The summed E-state index contributed by atoms with van der Waals surface area (Å²) in [7, 11) is 7.14. The zero-order valence-corrected chi connectivity index (χ0v) is 16.7. The average Bonchev–Trinajstić information content (AvgIpc) is 2.71. The lowest BCUT2D eigenvalue weighted by atomic mass is 10.0. The van der Waals surface area contributed by atoms with Gasteiger partial charge in [0.25, 0.3) is 0 Å². The van der Waals surface area contributed by atoms with Crippen LogP contribution in [0.3, 0.4) is 0 Å². The molecule has 2 aromatic carbocycles. The molecular weight excluding hydrogens is 338 g/mol. The van der Waals surface area contributed by atoms with Crippen LogP contribution >= 0.6 is 0 Å². The van der Waals surface area contributed by atoms with Crippen LogP contribution in [0.1, 0.15) is 23.1 Å². The predicted molar refractivity (Wildman–Crippen MR) is 110 cm³/mol. The first-order valence-corrected chi connectivity index (χ1v) is 9.14. The largest absolute Gasteiger partial charge is 0.497 e. The van der Waals surface area contributed by atoms with Gasteiger partial charge in [0.05, 0.1) is 21.3 Å². The number of aryl methyl sites for hydroxylation is 1. The van der Waals surface area contributed by atoms with Crippen LogP contribution in [0.5, 0.6) is 17.2 Å². The van der Waals surface area contributed by atoms with E-state index in [9.17, 15) is 0 Å². The van der Waals surface area contributed by atoms with E-state index in [0.717, 1.165) is 55.2 Å². The highest BCUT2D eigenvalue weighted by molar-refractivity contribution is 5.44. The van der Waals surface area contributed by atoms with Gasteiger partial charge in [0, 0.05) is 12.1 Å². The fourth-order valence-corrected chi connectivity index (χ4v) is 3.05. The number of hydrogen-bond donors (Lipinski definition) is 0. The minimum atomic E-state index is 0.761. The van der Waals surface area contributed by atoms with Crippen LogP contribution in [-0.4, -0.2) is 46.4 Å². The Morgan fingerprint density at radius 2 is 1.67 bits per heavy atom. The molecule has 4 nitrogen and oxygen atoms in total. The Hall–Kier alpha value is -2.64. The van der Waals surface area contributed by atoms with E-state index in [4.69, 9.17) is 20.6 Å². The molecule has 0 aliphatic rings. The lowest BCUT2D eigenvalue weighted by molar-refractivity contribution is 0.332. The van der Waals surface area contributed by atoms with E-state index in [0.29, 0.717) is 0 Å².